The van der Waals surface area contributed by atoms with E-state index in [1.807, 2.05) is 0 Å². The number of amides is 1. The van der Waals surface area contributed by atoms with Crippen molar-refractivity contribution in [2.24, 2.45) is 0 Å². The minimum Gasteiger partial charge on any atom is -0.353 e. The normalized spacial score (nSPS) is 23.1. The lowest BCUT2D eigenvalue weighted by atomic mass is 10.3. The van der Waals surface area contributed by atoms with E-state index >= 15 is 0 Å². The van der Waals surface area contributed by atoms with E-state index in [4.69, 9.17) is 0 Å². The molecule has 1 heterocycles. The van der Waals surface area contributed by atoms with E-state index in [0.29, 0.717) is 12.6 Å². The fourth-order valence-electron chi connectivity index (χ4n) is 2.57. The third-order valence-corrected chi connectivity index (χ3v) is 4.21. The topological polar surface area (TPSA) is 47.6 Å². The van der Waals surface area contributed by atoms with Crippen molar-refractivity contribution in [2.75, 3.05) is 46.3 Å². The van der Waals surface area contributed by atoms with Gasteiger partial charge in [0.1, 0.15) is 0 Å². The summed E-state index contributed by atoms with van der Waals surface area (Å²) >= 11 is 0. The smallest absolute Gasteiger partial charge is 0.234 e. The van der Waals surface area contributed by atoms with Gasteiger partial charge in [-0.05, 0) is 46.3 Å². The van der Waals surface area contributed by atoms with E-state index in [9.17, 15) is 4.79 Å². The van der Waals surface area contributed by atoms with Gasteiger partial charge < -0.3 is 10.6 Å². The van der Waals surface area contributed by atoms with Crippen LogP contribution in [0.15, 0.2) is 0 Å². The molecule has 1 saturated carbocycles. The maximum Gasteiger partial charge on any atom is 0.234 e. The number of hydrogen-bond donors (Lipinski definition) is 2. The molecule has 1 amide bonds. The second-order valence-corrected chi connectivity index (χ2v) is 5.93. The van der Waals surface area contributed by atoms with Gasteiger partial charge >= 0.3 is 0 Å². The van der Waals surface area contributed by atoms with Crippen molar-refractivity contribution >= 4 is 5.91 Å². The number of carbonyl (C=O) groups excluding carboxylic acids is 1. The number of hydrogen-bond acceptors (Lipinski definition) is 4. The van der Waals surface area contributed by atoms with Gasteiger partial charge in [-0.15, -0.1) is 0 Å². The van der Waals surface area contributed by atoms with Crippen LogP contribution in [0.5, 0.6) is 0 Å². The molecule has 2 rings (SSSR count). The maximum atomic E-state index is 11.9. The molecule has 1 atom stereocenters. The molecule has 2 N–H and O–H groups in total. The SMILES string of the molecule is CC(CNC(=O)CN1CCCNCC1)N(C)C1CC1. The van der Waals surface area contributed by atoms with Gasteiger partial charge in [0, 0.05) is 31.7 Å². The first kappa shape index (κ1) is 14.8. The average Bonchev–Trinajstić information content (AvgIpc) is 3.22. The third-order valence-electron chi connectivity index (χ3n) is 4.21. The Morgan fingerprint density at radius 3 is 2.95 bits per heavy atom. The Hall–Kier alpha value is -0.650. The van der Waals surface area contributed by atoms with Crippen LogP contribution in [0, 0.1) is 0 Å². The van der Waals surface area contributed by atoms with Crippen LogP contribution in [-0.2, 0) is 4.79 Å². The monoisotopic (exact) mass is 268 g/mol. The average molecular weight is 268 g/mol. The molecule has 0 aromatic rings. The highest BCUT2D eigenvalue weighted by Gasteiger charge is 2.29. The zero-order chi connectivity index (χ0) is 13.7. The summed E-state index contributed by atoms with van der Waals surface area (Å²) in [5.41, 5.74) is 0. The summed E-state index contributed by atoms with van der Waals surface area (Å²) in [7, 11) is 2.16. The summed E-state index contributed by atoms with van der Waals surface area (Å²) in [6, 6.07) is 1.19. The Labute approximate surface area is 116 Å². The molecule has 0 aromatic heterocycles. The molecule has 2 aliphatic rings. The van der Waals surface area contributed by atoms with E-state index < -0.39 is 0 Å². The van der Waals surface area contributed by atoms with Gasteiger partial charge in [0.2, 0.25) is 5.91 Å². The van der Waals surface area contributed by atoms with Crippen LogP contribution < -0.4 is 10.6 Å². The molecule has 0 aromatic carbocycles. The maximum absolute atomic E-state index is 11.9. The van der Waals surface area contributed by atoms with E-state index in [1.165, 1.54) is 12.8 Å². The van der Waals surface area contributed by atoms with E-state index in [-0.39, 0.29) is 5.91 Å². The van der Waals surface area contributed by atoms with E-state index in [0.717, 1.165) is 45.2 Å². The summed E-state index contributed by atoms with van der Waals surface area (Å²) in [5, 5.41) is 6.43. The molecule has 110 valence electrons. The van der Waals surface area contributed by atoms with Crippen molar-refractivity contribution in [1.29, 1.82) is 0 Å². The minimum absolute atomic E-state index is 0.165. The van der Waals surface area contributed by atoms with Crippen LogP contribution in [0.1, 0.15) is 26.2 Å². The molecule has 5 heteroatoms. The van der Waals surface area contributed by atoms with Gasteiger partial charge in [-0.2, -0.15) is 0 Å². The zero-order valence-corrected chi connectivity index (χ0v) is 12.3. The van der Waals surface area contributed by atoms with Crippen LogP contribution in [0.25, 0.3) is 0 Å². The van der Waals surface area contributed by atoms with Crippen LogP contribution in [0.2, 0.25) is 0 Å². The van der Waals surface area contributed by atoms with E-state index in [2.05, 4.69) is 34.4 Å². The molecule has 1 saturated heterocycles. The lowest BCUT2D eigenvalue weighted by Crippen LogP contribution is -2.44. The summed E-state index contributed by atoms with van der Waals surface area (Å²) < 4.78 is 0. The number of rotatable bonds is 6. The van der Waals surface area contributed by atoms with E-state index in [1.54, 1.807) is 0 Å². The highest BCUT2D eigenvalue weighted by Crippen LogP contribution is 2.26. The first-order chi connectivity index (χ1) is 9.16. The molecule has 5 nitrogen and oxygen atoms in total. The van der Waals surface area contributed by atoms with Gasteiger partial charge in [0.05, 0.1) is 6.54 Å². The second kappa shape index (κ2) is 7.22. The first-order valence-corrected chi connectivity index (χ1v) is 7.58. The van der Waals surface area contributed by atoms with Crippen molar-refractivity contribution in [2.45, 2.75) is 38.3 Å². The number of likely N-dealkylation sites (N-methyl/N-ethyl adjacent to an activating group) is 1. The molecule has 19 heavy (non-hydrogen) atoms. The Morgan fingerprint density at radius 1 is 1.42 bits per heavy atom. The molecular weight excluding hydrogens is 240 g/mol. The lowest BCUT2D eigenvalue weighted by Gasteiger charge is -2.25. The first-order valence-electron chi connectivity index (χ1n) is 7.58. The number of nitrogens with zero attached hydrogens (tertiary/aromatic N) is 2. The van der Waals surface area contributed by atoms with Crippen molar-refractivity contribution in [3.63, 3.8) is 0 Å². The van der Waals surface area contributed by atoms with Gasteiger partial charge in [-0.1, -0.05) is 0 Å². The predicted octanol–water partition coefficient (Wildman–Crippen LogP) is -0.119. The van der Waals surface area contributed by atoms with Crippen LogP contribution in [-0.4, -0.2) is 74.1 Å². The van der Waals surface area contributed by atoms with Gasteiger partial charge in [-0.25, -0.2) is 0 Å². The third kappa shape index (κ3) is 5.09. The van der Waals surface area contributed by atoms with Crippen molar-refractivity contribution in [3.05, 3.63) is 0 Å². The molecule has 2 fully saturated rings. The molecule has 1 aliphatic heterocycles. The molecular formula is C14H28N4O. The predicted molar refractivity (Wildman–Crippen MR) is 77.2 cm³/mol. The highest BCUT2D eigenvalue weighted by atomic mass is 16.2. The highest BCUT2D eigenvalue weighted by molar-refractivity contribution is 5.78. The summed E-state index contributed by atoms with van der Waals surface area (Å²) in [6.07, 6.45) is 3.76. The number of carbonyl (C=O) groups is 1. The van der Waals surface area contributed by atoms with Crippen molar-refractivity contribution in [3.8, 4) is 0 Å². The minimum atomic E-state index is 0.165. The Morgan fingerprint density at radius 2 is 2.21 bits per heavy atom. The molecule has 0 bridgehead atoms. The molecule has 0 radical (unpaired) electrons. The summed E-state index contributed by atoms with van der Waals surface area (Å²) in [5.74, 6) is 0.165. The fourth-order valence-corrected chi connectivity index (χ4v) is 2.57. The summed E-state index contributed by atoms with van der Waals surface area (Å²) in [4.78, 5) is 16.6. The Balaban J connectivity index is 1.62. The molecule has 1 unspecified atom stereocenters. The van der Waals surface area contributed by atoms with Crippen LogP contribution in [0.4, 0.5) is 0 Å². The number of nitrogens with one attached hydrogen (secondary N) is 2. The zero-order valence-electron chi connectivity index (χ0n) is 12.3. The second-order valence-electron chi connectivity index (χ2n) is 5.93. The van der Waals surface area contributed by atoms with Gasteiger partial charge in [0.15, 0.2) is 0 Å². The standard InChI is InChI=1S/C14H28N4O/c1-12(17(2)13-4-5-13)10-16-14(19)11-18-8-3-6-15-7-9-18/h12-13,15H,3-11H2,1-2H3,(H,16,19). The molecule has 0 spiro atoms. The van der Waals surface area contributed by atoms with Gasteiger partial charge in [0.25, 0.3) is 0 Å². The Kier molecular flexibility index (Phi) is 5.60. The Bertz CT molecular complexity index is 285. The van der Waals surface area contributed by atoms with Crippen LogP contribution in [0.3, 0.4) is 0 Å². The quantitative estimate of drug-likeness (QED) is 0.705. The summed E-state index contributed by atoms with van der Waals surface area (Å²) in [6.45, 7) is 7.56. The fraction of sp³-hybridized carbons (Fsp3) is 0.929. The lowest BCUT2D eigenvalue weighted by molar-refractivity contribution is -0.122. The van der Waals surface area contributed by atoms with Gasteiger partial charge in [-0.3, -0.25) is 14.6 Å². The molecule has 1 aliphatic carbocycles. The van der Waals surface area contributed by atoms with Crippen molar-refractivity contribution < 1.29 is 4.79 Å². The van der Waals surface area contributed by atoms with Crippen molar-refractivity contribution in [1.82, 2.24) is 20.4 Å². The van der Waals surface area contributed by atoms with Crippen LogP contribution >= 0.6 is 0 Å². The largest absolute Gasteiger partial charge is 0.353 e.